The maximum atomic E-state index is 13.9. The van der Waals surface area contributed by atoms with Crippen molar-refractivity contribution in [2.75, 3.05) is 33.8 Å². The standard InChI is InChI=1S/C20H33FN4O/c1-14(2)13-25-10-6-7-17(25)12-23-20(22-4)24-15(3)16-8-9-19(26-5)18(21)11-16/h8-9,11,14-15,17H,6-7,10,12-13H2,1-5H3,(H2,22,23,24)/t15?,17-/m1/s1. The van der Waals surface area contributed by atoms with E-state index in [9.17, 15) is 4.39 Å². The molecule has 0 radical (unpaired) electrons. The molecule has 1 fully saturated rings. The molecule has 1 aliphatic heterocycles. The van der Waals surface area contributed by atoms with E-state index in [1.165, 1.54) is 32.6 Å². The van der Waals surface area contributed by atoms with Gasteiger partial charge in [-0.3, -0.25) is 9.89 Å². The van der Waals surface area contributed by atoms with Crippen LogP contribution < -0.4 is 15.4 Å². The number of hydrogen-bond donors (Lipinski definition) is 2. The number of nitrogens with zero attached hydrogens (tertiary/aromatic N) is 2. The van der Waals surface area contributed by atoms with E-state index in [4.69, 9.17) is 4.74 Å². The first-order valence-corrected chi connectivity index (χ1v) is 9.49. The lowest BCUT2D eigenvalue weighted by molar-refractivity contribution is 0.226. The Hall–Kier alpha value is -1.82. The number of halogens is 1. The summed E-state index contributed by atoms with van der Waals surface area (Å²) in [7, 11) is 3.23. The van der Waals surface area contributed by atoms with E-state index < -0.39 is 0 Å². The Labute approximate surface area is 157 Å². The Balaban J connectivity index is 1.89. The minimum atomic E-state index is -0.350. The van der Waals surface area contributed by atoms with Crippen LogP contribution in [0.5, 0.6) is 5.75 Å². The van der Waals surface area contributed by atoms with E-state index in [1.807, 2.05) is 13.0 Å². The first-order valence-electron chi connectivity index (χ1n) is 9.49. The Morgan fingerprint density at radius 3 is 2.77 bits per heavy atom. The zero-order valence-corrected chi connectivity index (χ0v) is 16.7. The zero-order chi connectivity index (χ0) is 19.1. The van der Waals surface area contributed by atoms with Crippen molar-refractivity contribution in [2.24, 2.45) is 10.9 Å². The van der Waals surface area contributed by atoms with Gasteiger partial charge in [0.2, 0.25) is 0 Å². The van der Waals surface area contributed by atoms with Crippen molar-refractivity contribution in [1.29, 1.82) is 0 Å². The third-order valence-electron chi connectivity index (χ3n) is 4.86. The highest BCUT2D eigenvalue weighted by Gasteiger charge is 2.25. The molecule has 6 heteroatoms. The quantitative estimate of drug-likeness (QED) is 0.576. The van der Waals surface area contributed by atoms with Crippen molar-refractivity contribution in [3.05, 3.63) is 29.6 Å². The molecule has 0 amide bonds. The van der Waals surface area contributed by atoms with Crippen LogP contribution in [0.2, 0.25) is 0 Å². The highest BCUT2D eigenvalue weighted by Crippen LogP contribution is 2.22. The maximum Gasteiger partial charge on any atom is 0.191 e. The van der Waals surface area contributed by atoms with E-state index >= 15 is 0 Å². The van der Waals surface area contributed by atoms with Crippen LogP contribution in [-0.2, 0) is 0 Å². The fourth-order valence-electron chi connectivity index (χ4n) is 3.49. The largest absolute Gasteiger partial charge is 0.494 e. The number of nitrogens with one attached hydrogen (secondary N) is 2. The fraction of sp³-hybridized carbons (Fsp3) is 0.650. The first-order chi connectivity index (χ1) is 12.4. The van der Waals surface area contributed by atoms with E-state index in [-0.39, 0.29) is 17.6 Å². The van der Waals surface area contributed by atoms with E-state index in [0.29, 0.717) is 12.0 Å². The van der Waals surface area contributed by atoms with E-state index in [1.54, 1.807) is 13.1 Å². The number of hydrogen-bond acceptors (Lipinski definition) is 3. The number of guanidine groups is 1. The van der Waals surface area contributed by atoms with Gasteiger partial charge in [-0.2, -0.15) is 0 Å². The topological polar surface area (TPSA) is 48.9 Å². The zero-order valence-electron chi connectivity index (χ0n) is 16.7. The van der Waals surface area contributed by atoms with E-state index in [2.05, 4.69) is 34.4 Å². The number of methoxy groups -OCH3 is 1. The lowest BCUT2D eigenvalue weighted by Crippen LogP contribution is -2.46. The van der Waals surface area contributed by atoms with E-state index in [0.717, 1.165) is 24.6 Å². The molecule has 1 heterocycles. The van der Waals surface area contributed by atoms with Gasteiger partial charge in [0.1, 0.15) is 0 Å². The molecule has 2 rings (SSSR count). The summed E-state index contributed by atoms with van der Waals surface area (Å²) in [6, 6.07) is 5.52. The fourth-order valence-corrected chi connectivity index (χ4v) is 3.49. The Bertz CT molecular complexity index is 605. The second-order valence-electron chi connectivity index (χ2n) is 7.40. The van der Waals surface area contributed by atoms with Crippen molar-refractivity contribution in [1.82, 2.24) is 15.5 Å². The number of benzene rings is 1. The third kappa shape index (κ3) is 5.59. The molecule has 0 spiro atoms. The molecule has 1 saturated heterocycles. The molecule has 2 N–H and O–H groups in total. The molecule has 146 valence electrons. The van der Waals surface area contributed by atoms with Crippen LogP contribution >= 0.6 is 0 Å². The van der Waals surface area contributed by atoms with Crippen molar-refractivity contribution < 1.29 is 9.13 Å². The van der Waals surface area contributed by atoms with Gasteiger partial charge in [-0.25, -0.2) is 4.39 Å². The summed E-state index contributed by atoms with van der Waals surface area (Å²) in [5.74, 6) is 1.33. The minimum Gasteiger partial charge on any atom is -0.494 e. The van der Waals surface area contributed by atoms with Crippen LogP contribution in [0.1, 0.15) is 45.2 Å². The summed E-state index contributed by atoms with van der Waals surface area (Å²) in [4.78, 5) is 6.88. The summed E-state index contributed by atoms with van der Waals surface area (Å²) < 4.78 is 18.9. The molecule has 1 aromatic rings. The molecule has 0 aliphatic carbocycles. The van der Waals surface area contributed by atoms with Gasteiger partial charge in [0.05, 0.1) is 13.2 Å². The predicted octanol–water partition coefficient (Wildman–Crippen LogP) is 3.18. The van der Waals surface area contributed by atoms with Gasteiger partial charge in [0.15, 0.2) is 17.5 Å². The van der Waals surface area contributed by atoms with Crippen LogP contribution in [0.25, 0.3) is 0 Å². The van der Waals surface area contributed by atoms with Crippen molar-refractivity contribution in [3.8, 4) is 5.75 Å². The molecule has 1 aliphatic rings. The van der Waals surface area contributed by atoms with Gasteiger partial charge in [0, 0.05) is 26.2 Å². The minimum absolute atomic E-state index is 0.0584. The number of likely N-dealkylation sites (tertiary alicyclic amines) is 1. The highest BCUT2D eigenvalue weighted by molar-refractivity contribution is 5.80. The van der Waals surface area contributed by atoms with Crippen molar-refractivity contribution in [3.63, 3.8) is 0 Å². The Kier molecular flexibility index (Phi) is 7.69. The van der Waals surface area contributed by atoms with Crippen molar-refractivity contribution in [2.45, 2.75) is 45.7 Å². The smallest absolute Gasteiger partial charge is 0.191 e. The van der Waals surface area contributed by atoms with Crippen LogP contribution in [0.15, 0.2) is 23.2 Å². The lowest BCUT2D eigenvalue weighted by atomic mass is 10.1. The normalized spacial score (nSPS) is 19.7. The first kappa shape index (κ1) is 20.5. The molecular formula is C20H33FN4O. The second kappa shape index (κ2) is 9.76. The molecule has 26 heavy (non-hydrogen) atoms. The summed E-state index contributed by atoms with van der Waals surface area (Å²) in [5, 5.41) is 6.77. The lowest BCUT2D eigenvalue weighted by Gasteiger charge is -2.27. The maximum absolute atomic E-state index is 13.9. The second-order valence-corrected chi connectivity index (χ2v) is 7.40. The monoisotopic (exact) mass is 364 g/mol. The van der Waals surface area contributed by atoms with Crippen molar-refractivity contribution >= 4 is 5.96 Å². The molecule has 1 aromatic carbocycles. The Morgan fingerprint density at radius 1 is 1.38 bits per heavy atom. The molecular weight excluding hydrogens is 331 g/mol. The number of ether oxygens (including phenoxy) is 1. The van der Waals surface area contributed by atoms with Gasteiger partial charge in [0.25, 0.3) is 0 Å². The summed E-state index contributed by atoms with van der Waals surface area (Å²) in [6.45, 7) is 9.71. The predicted molar refractivity (Wildman–Crippen MR) is 105 cm³/mol. The molecule has 2 atom stereocenters. The van der Waals surface area contributed by atoms with Crippen LogP contribution in [0, 0.1) is 11.7 Å². The van der Waals surface area contributed by atoms with Crippen LogP contribution in [-0.4, -0.2) is 50.7 Å². The average Bonchev–Trinajstić information content (AvgIpc) is 3.04. The number of aliphatic imine (C=N–C) groups is 1. The molecule has 5 nitrogen and oxygen atoms in total. The summed E-state index contributed by atoms with van der Waals surface area (Å²) in [6.07, 6.45) is 2.47. The van der Waals surface area contributed by atoms with Gasteiger partial charge < -0.3 is 15.4 Å². The summed E-state index contributed by atoms with van der Waals surface area (Å²) in [5.41, 5.74) is 0.855. The van der Waals surface area contributed by atoms with Gasteiger partial charge in [-0.05, 0) is 49.9 Å². The van der Waals surface area contributed by atoms with Gasteiger partial charge in [-0.15, -0.1) is 0 Å². The van der Waals surface area contributed by atoms with Crippen LogP contribution in [0.3, 0.4) is 0 Å². The Morgan fingerprint density at radius 2 is 2.15 bits per heavy atom. The SMILES string of the molecule is CN=C(NC[C@H]1CCCN1CC(C)C)NC(C)c1ccc(OC)c(F)c1. The highest BCUT2D eigenvalue weighted by atomic mass is 19.1. The molecule has 0 bridgehead atoms. The average molecular weight is 365 g/mol. The third-order valence-corrected chi connectivity index (χ3v) is 4.86. The molecule has 0 aromatic heterocycles. The van der Waals surface area contributed by atoms with Gasteiger partial charge in [-0.1, -0.05) is 19.9 Å². The molecule has 1 unspecified atom stereocenters. The summed E-state index contributed by atoms with van der Waals surface area (Å²) >= 11 is 0. The number of rotatable bonds is 7. The van der Waals surface area contributed by atoms with Gasteiger partial charge >= 0.3 is 0 Å². The molecule has 0 saturated carbocycles. The van der Waals surface area contributed by atoms with Crippen LogP contribution in [0.4, 0.5) is 4.39 Å².